The molecule has 1 heterocycles. The summed E-state index contributed by atoms with van der Waals surface area (Å²) >= 11 is 0. The van der Waals surface area contributed by atoms with Gasteiger partial charge in [-0.05, 0) is 25.5 Å². The summed E-state index contributed by atoms with van der Waals surface area (Å²) in [7, 11) is 0. The second kappa shape index (κ2) is 6.23. The van der Waals surface area contributed by atoms with Gasteiger partial charge in [-0.3, -0.25) is 15.1 Å². The maximum atomic E-state index is 11.0. The summed E-state index contributed by atoms with van der Waals surface area (Å²) < 4.78 is 0. The Morgan fingerprint density at radius 3 is 2.81 bits per heavy atom. The van der Waals surface area contributed by atoms with Crippen molar-refractivity contribution >= 4 is 5.97 Å². The SMILES string of the molecule is CCCC(N[C@H](C)c1ccccn1)C(=O)O. The van der Waals surface area contributed by atoms with Crippen LogP contribution in [0.25, 0.3) is 0 Å². The van der Waals surface area contributed by atoms with E-state index in [2.05, 4.69) is 10.3 Å². The molecule has 88 valence electrons. The zero-order valence-electron chi connectivity index (χ0n) is 9.68. The highest BCUT2D eigenvalue weighted by atomic mass is 16.4. The first-order valence-electron chi connectivity index (χ1n) is 5.55. The normalized spacial score (nSPS) is 14.4. The first-order valence-corrected chi connectivity index (χ1v) is 5.55. The van der Waals surface area contributed by atoms with Crippen molar-refractivity contribution in [3.05, 3.63) is 30.1 Å². The van der Waals surface area contributed by atoms with Gasteiger partial charge >= 0.3 is 5.97 Å². The van der Waals surface area contributed by atoms with Crippen molar-refractivity contribution in [2.24, 2.45) is 0 Å². The number of hydrogen-bond acceptors (Lipinski definition) is 3. The number of rotatable bonds is 6. The Balaban J connectivity index is 2.61. The van der Waals surface area contributed by atoms with Gasteiger partial charge < -0.3 is 5.11 Å². The quantitative estimate of drug-likeness (QED) is 0.772. The molecule has 0 amide bonds. The average Bonchev–Trinajstić information content (AvgIpc) is 2.29. The Kier molecular flexibility index (Phi) is 4.92. The summed E-state index contributed by atoms with van der Waals surface area (Å²) in [4.78, 5) is 15.2. The van der Waals surface area contributed by atoms with Gasteiger partial charge in [0.1, 0.15) is 6.04 Å². The molecule has 0 saturated heterocycles. The lowest BCUT2D eigenvalue weighted by molar-refractivity contribution is -0.139. The second-order valence-corrected chi connectivity index (χ2v) is 3.82. The predicted molar refractivity (Wildman–Crippen MR) is 62.1 cm³/mol. The highest BCUT2D eigenvalue weighted by Crippen LogP contribution is 2.10. The van der Waals surface area contributed by atoms with Gasteiger partial charge in [-0.25, -0.2) is 0 Å². The summed E-state index contributed by atoms with van der Waals surface area (Å²) in [5.41, 5.74) is 0.866. The fourth-order valence-corrected chi connectivity index (χ4v) is 1.59. The van der Waals surface area contributed by atoms with Gasteiger partial charge in [0.05, 0.1) is 5.69 Å². The Morgan fingerprint density at radius 1 is 1.56 bits per heavy atom. The molecular weight excluding hydrogens is 204 g/mol. The summed E-state index contributed by atoms with van der Waals surface area (Å²) in [5, 5.41) is 12.1. The van der Waals surface area contributed by atoms with Crippen molar-refractivity contribution in [2.45, 2.75) is 38.8 Å². The Labute approximate surface area is 95.7 Å². The smallest absolute Gasteiger partial charge is 0.320 e. The zero-order valence-corrected chi connectivity index (χ0v) is 9.68. The molecule has 0 saturated carbocycles. The van der Waals surface area contributed by atoms with E-state index in [0.29, 0.717) is 6.42 Å². The number of hydrogen-bond donors (Lipinski definition) is 2. The number of carboxylic acids is 1. The van der Waals surface area contributed by atoms with Gasteiger partial charge in [-0.2, -0.15) is 0 Å². The molecular formula is C12H18N2O2. The van der Waals surface area contributed by atoms with Gasteiger partial charge in [0.2, 0.25) is 0 Å². The number of nitrogens with one attached hydrogen (secondary N) is 1. The molecule has 0 spiro atoms. The van der Waals surface area contributed by atoms with E-state index in [0.717, 1.165) is 12.1 Å². The van der Waals surface area contributed by atoms with Crippen molar-refractivity contribution in [1.82, 2.24) is 10.3 Å². The van der Waals surface area contributed by atoms with Gasteiger partial charge in [0, 0.05) is 12.2 Å². The molecule has 1 rings (SSSR count). The third-order valence-corrected chi connectivity index (χ3v) is 2.46. The molecule has 1 aromatic heterocycles. The van der Waals surface area contributed by atoms with Crippen LogP contribution in [-0.4, -0.2) is 22.1 Å². The van der Waals surface area contributed by atoms with Crippen molar-refractivity contribution in [3.63, 3.8) is 0 Å². The minimum atomic E-state index is -0.801. The second-order valence-electron chi connectivity index (χ2n) is 3.82. The topological polar surface area (TPSA) is 62.2 Å². The van der Waals surface area contributed by atoms with E-state index in [-0.39, 0.29) is 6.04 Å². The van der Waals surface area contributed by atoms with Crippen LogP contribution in [0, 0.1) is 0 Å². The van der Waals surface area contributed by atoms with Gasteiger partial charge in [0.25, 0.3) is 0 Å². The number of nitrogens with zero attached hydrogens (tertiary/aromatic N) is 1. The molecule has 0 aliphatic rings. The average molecular weight is 222 g/mol. The maximum absolute atomic E-state index is 11.0. The van der Waals surface area contributed by atoms with E-state index >= 15 is 0 Å². The van der Waals surface area contributed by atoms with E-state index < -0.39 is 12.0 Å². The van der Waals surface area contributed by atoms with Crippen LogP contribution >= 0.6 is 0 Å². The fourth-order valence-electron chi connectivity index (χ4n) is 1.59. The van der Waals surface area contributed by atoms with Crippen LogP contribution in [0.5, 0.6) is 0 Å². The Hall–Kier alpha value is -1.42. The molecule has 0 aliphatic heterocycles. The van der Waals surface area contributed by atoms with E-state index in [9.17, 15) is 4.79 Å². The highest BCUT2D eigenvalue weighted by Gasteiger charge is 2.19. The van der Waals surface area contributed by atoms with Crippen molar-refractivity contribution < 1.29 is 9.90 Å². The van der Waals surface area contributed by atoms with E-state index in [4.69, 9.17) is 5.11 Å². The van der Waals surface area contributed by atoms with Crippen molar-refractivity contribution in [3.8, 4) is 0 Å². The maximum Gasteiger partial charge on any atom is 0.320 e. The van der Waals surface area contributed by atoms with Crippen molar-refractivity contribution in [2.75, 3.05) is 0 Å². The lowest BCUT2D eigenvalue weighted by Gasteiger charge is -2.19. The van der Waals surface area contributed by atoms with Gasteiger partial charge in [-0.1, -0.05) is 19.4 Å². The van der Waals surface area contributed by atoms with E-state index in [1.807, 2.05) is 32.0 Å². The molecule has 0 aliphatic carbocycles. The lowest BCUT2D eigenvalue weighted by atomic mass is 10.1. The summed E-state index contributed by atoms with van der Waals surface area (Å²) in [6, 6.07) is 5.09. The van der Waals surface area contributed by atoms with Crippen LogP contribution in [0.1, 0.15) is 38.4 Å². The van der Waals surface area contributed by atoms with Crippen LogP contribution in [-0.2, 0) is 4.79 Å². The Morgan fingerprint density at radius 2 is 2.31 bits per heavy atom. The summed E-state index contributed by atoms with van der Waals surface area (Å²) in [6.45, 7) is 3.90. The zero-order chi connectivity index (χ0) is 12.0. The standard InChI is InChI=1S/C12H18N2O2/c1-3-6-11(12(15)16)14-9(2)10-7-4-5-8-13-10/h4-5,7-9,11,14H,3,6H2,1-2H3,(H,15,16)/t9-,11?/m1/s1. The fraction of sp³-hybridized carbons (Fsp3) is 0.500. The van der Waals surface area contributed by atoms with Crippen LogP contribution in [0.4, 0.5) is 0 Å². The molecule has 2 N–H and O–H groups in total. The van der Waals surface area contributed by atoms with Crippen LogP contribution in [0.3, 0.4) is 0 Å². The molecule has 16 heavy (non-hydrogen) atoms. The summed E-state index contributed by atoms with van der Waals surface area (Å²) in [5.74, 6) is -0.801. The summed E-state index contributed by atoms with van der Waals surface area (Å²) in [6.07, 6.45) is 3.19. The monoisotopic (exact) mass is 222 g/mol. The number of pyridine rings is 1. The largest absolute Gasteiger partial charge is 0.480 e. The van der Waals surface area contributed by atoms with E-state index in [1.165, 1.54) is 0 Å². The first kappa shape index (κ1) is 12.6. The molecule has 2 atom stereocenters. The van der Waals surface area contributed by atoms with Gasteiger partial charge in [0.15, 0.2) is 0 Å². The van der Waals surface area contributed by atoms with Crippen LogP contribution in [0.15, 0.2) is 24.4 Å². The number of carboxylic acid groups (broad SMARTS) is 1. The molecule has 1 aromatic rings. The predicted octanol–water partition coefficient (Wildman–Crippen LogP) is 1.99. The van der Waals surface area contributed by atoms with Crippen LogP contribution < -0.4 is 5.32 Å². The van der Waals surface area contributed by atoms with Crippen molar-refractivity contribution in [1.29, 1.82) is 0 Å². The lowest BCUT2D eigenvalue weighted by Crippen LogP contribution is -2.38. The van der Waals surface area contributed by atoms with Gasteiger partial charge in [-0.15, -0.1) is 0 Å². The number of aromatic nitrogens is 1. The minimum Gasteiger partial charge on any atom is -0.480 e. The third kappa shape index (κ3) is 3.62. The third-order valence-electron chi connectivity index (χ3n) is 2.46. The molecule has 1 unspecified atom stereocenters. The minimum absolute atomic E-state index is 0.0474. The Bertz CT molecular complexity index is 327. The number of aliphatic carboxylic acids is 1. The molecule has 0 radical (unpaired) electrons. The molecule has 4 heteroatoms. The molecule has 0 fully saturated rings. The number of carbonyl (C=O) groups is 1. The molecule has 0 bridgehead atoms. The molecule has 0 aromatic carbocycles. The first-order chi connectivity index (χ1) is 7.65. The molecule has 4 nitrogen and oxygen atoms in total. The van der Waals surface area contributed by atoms with E-state index in [1.54, 1.807) is 6.20 Å². The highest BCUT2D eigenvalue weighted by molar-refractivity contribution is 5.73. The van der Waals surface area contributed by atoms with Crippen LogP contribution in [0.2, 0.25) is 0 Å².